The summed E-state index contributed by atoms with van der Waals surface area (Å²) in [6.07, 6.45) is 3.46. The third-order valence-electron chi connectivity index (χ3n) is 5.03. The molecule has 1 aromatic carbocycles. The van der Waals surface area contributed by atoms with E-state index in [4.69, 9.17) is 5.26 Å². The maximum atomic E-state index is 14.0. The normalized spacial score (nSPS) is 18.6. The maximum Gasteiger partial charge on any atom is 0.257 e. The van der Waals surface area contributed by atoms with Crippen LogP contribution in [0.5, 0.6) is 0 Å². The number of rotatable bonds is 5. The van der Waals surface area contributed by atoms with Crippen LogP contribution >= 0.6 is 0 Å². The molecule has 1 N–H and O–H groups in total. The van der Waals surface area contributed by atoms with Crippen LogP contribution in [0, 0.1) is 28.9 Å². The molecule has 1 atom stereocenters. The molecule has 25 heavy (non-hydrogen) atoms. The highest BCUT2D eigenvalue weighted by atomic mass is 19.1. The molecule has 1 aliphatic rings. The average Bonchev–Trinajstić information content (AvgIpc) is 2.59. The molecule has 1 heterocycles. The summed E-state index contributed by atoms with van der Waals surface area (Å²) in [5.74, 6) is -2.18. The van der Waals surface area contributed by atoms with E-state index in [9.17, 15) is 13.6 Å². The highest BCUT2D eigenvalue weighted by molar-refractivity contribution is 5.94. The summed E-state index contributed by atoms with van der Waals surface area (Å²) < 4.78 is 27.9. The summed E-state index contributed by atoms with van der Waals surface area (Å²) in [4.78, 5) is 14.6. The summed E-state index contributed by atoms with van der Waals surface area (Å²) in [6.45, 7) is 8.45. The lowest BCUT2D eigenvalue weighted by molar-refractivity contribution is 0.0610. The van der Waals surface area contributed by atoms with Gasteiger partial charge in [0.1, 0.15) is 17.2 Å². The van der Waals surface area contributed by atoms with E-state index >= 15 is 0 Å². The van der Waals surface area contributed by atoms with Crippen molar-refractivity contribution in [3.63, 3.8) is 0 Å². The van der Waals surface area contributed by atoms with Crippen molar-refractivity contribution >= 4 is 5.91 Å². The van der Waals surface area contributed by atoms with E-state index in [1.807, 2.05) is 13.8 Å². The average molecular weight is 349 g/mol. The minimum absolute atomic E-state index is 0.147. The van der Waals surface area contributed by atoms with E-state index in [1.54, 1.807) is 6.07 Å². The molecule has 0 spiro atoms. The van der Waals surface area contributed by atoms with Crippen LogP contribution in [0.25, 0.3) is 0 Å². The summed E-state index contributed by atoms with van der Waals surface area (Å²) >= 11 is 0. The van der Waals surface area contributed by atoms with Crippen LogP contribution in [0.2, 0.25) is 0 Å². The van der Waals surface area contributed by atoms with E-state index in [0.717, 1.165) is 38.1 Å². The molecule has 0 aromatic heterocycles. The highest BCUT2D eigenvalue weighted by Gasteiger charge is 2.31. The van der Waals surface area contributed by atoms with Crippen LogP contribution in [0.1, 0.15) is 56.0 Å². The van der Waals surface area contributed by atoms with Gasteiger partial charge in [-0.15, -0.1) is 0 Å². The Morgan fingerprint density at radius 1 is 1.40 bits per heavy atom. The molecule has 0 bridgehead atoms. The number of halogens is 2. The zero-order valence-electron chi connectivity index (χ0n) is 15.0. The monoisotopic (exact) mass is 349 g/mol. The number of likely N-dealkylation sites (tertiary alicyclic amines) is 1. The lowest BCUT2D eigenvalue weighted by Gasteiger charge is -2.43. The Hall–Kier alpha value is -2.00. The number of carbonyl (C=O) groups excluding carboxylic acids is 1. The van der Waals surface area contributed by atoms with Crippen molar-refractivity contribution < 1.29 is 13.6 Å². The van der Waals surface area contributed by atoms with E-state index in [2.05, 4.69) is 17.1 Å². The smallest absolute Gasteiger partial charge is 0.257 e. The number of benzene rings is 1. The molecule has 0 radical (unpaired) electrons. The molecule has 2 rings (SSSR count). The number of nitriles is 1. The second-order valence-corrected chi connectivity index (χ2v) is 7.28. The van der Waals surface area contributed by atoms with Crippen LogP contribution in [0.15, 0.2) is 12.1 Å². The number of nitrogens with one attached hydrogen (secondary N) is 1. The van der Waals surface area contributed by atoms with Crippen molar-refractivity contribution in [1.29, 1.82) is 5.26 Å². The van der Waals surface area contributed by atoms with Gasteiger partial charge in [-0.25, -0.2) is 8.78 Å². The van der Waals surface area contributed by atoms with Crippen LogP contribution < -0.4 is 5.32 Å². The molecule has 0 saturated carbocycles. The molecule has 4 nitrogen and oxygen atoms in total. The molecule has 1 fully saturated rings. The summed E-state index contributed by atoms with van der Waals surface area (Å²) in [5.41, 5.74) is -1.09. The van der Waals surface area contributed by atoms with Gasteiger partial charge in [-0.3, -0.25) is 9.69 Å². The quantitative estimate of drug-likeness (QED) is 0.886. The molecule has 0 aliphatic carbocycles. The van der Waals surface area contributed by atoms with Crippen molar-refractivity contribution in [3.05, 3.63) is 34.9 Å². The predicted molar refractivity (Wildman–Crippen MR) is 92.1 cm³/mol. The Bertz CT molecular complexity index is 659. The van der Waals surface area contributed by atoms with Crippen LogP contribution in [0.3, 0.4) is 0 Å². The van der Waals surface area contributed by atoms with E-state index in [0.29, 0.717) is 12.5 Å². The highest BCUT2D eigenvalue weighted by Crippen LogP contribution is 2.25. The van der Waals surface area contributed by atoms with Crippen molar-refractivity contribution in [2.45, 2.75) is 45.6 Å². The second kappa shape index (κ2) is 7.92. The number of carbonyl (C=O) groups is 1. The molecular weight excluding hydrogens is 324 g/mol. The third kappa shape index (κ3) is 4.55. The van der Waals surface area contributed by atoms with E-state index < -0.39 is 23.1 Å². The summed E-state index contributed by atoms with van der Waals surface area (Å²) in [6, 6.07) is 3.41. The Kier molecular flexibility index (Phi) is 6.12. The first-order valence-electron chi connectivity index (χ1n) is 8.71. The van der Waals surface area contributed by atoms with Gasteiger partial charge in [0.25, 0.3) is 5.91 Å². The largest absolute Gasteiger partial charge is 0.350 e. The van der Waals surface area contributed by atoms with E-state index in [-0.39, 0.29) is 11.1 Å². The fourth-order valence-electron chi connectivity index (χ4n) is 3.30. The van der Waals surface area contributed by atoms with Crippen molar-refractivity contribution in [1.82, 2.24) is 10.2 Å². The first-order chi connectivity index (χ1) is 11.8. The molecule has 1 aliphatic heterocycles. The topological polar surface area (TPSA) is 56.1 Å². The van der Waals surface area contributed by atoms with Crippen molar-refractivity contribution in [2.24, 2.45) is 5.92 Å². The molecular formula is C19H25F2N3O. The number of hydrogen-bond donors (Lipinski definition) is 1. The summed E-state index contributed by atoms with van der Waals surface area (Å²) in [5, 5.41) is 11.4. The molecule has 136 valence electrons. The van der Waals surface area contributed by atoms with Crippen LogP contribution in [-0.2, 0) is 0 Å². The van der Waals surface area contributed by atoms with Crippen LogP contribution in [0.4, 0.5) is 8.78 Å². The number of amides is 1. The zero-order valence-corrected chi connectivity index (χ0v) is 15.0. The van der Waals surface area contributed by atoms with Crippen molar-refractivity contribution in [3.8, 4) is 6.07 Å². The minimum Gasteiger partial charge on any atom is -0.350 e. The van der Waals surface area contributed by atoms with E-state index in [1.165, 1.54) is 6.42 Å². The number of nitrogens with zero attached hydrogens (tertiary/aromatic N) is 2. The Morgan fingerprint density at radius 3 is 2.60 bits per heavy atom. The number of hydrogen-bond acceptors (Lipinski definition) is 3. The van der Waals surface area contributed by atoms with Gasteiger partial charge in [0.15, 0.2) is 0 Å². The molecule has 1 saturated heterocycles. The maximum absolute atomic E-state index is 14.0. The van der Waals surface area contributed by atoms with Gasteiger partial charge >= 0.3 is 0 Å². The minimum atomic E-state index is -1.02. The Morgan fingerprint density at radius 2 is 2.04 bits per heavy atom. The molecule has 1 amide bonds. The van der Waals surface area contributed by atoms with Gasteiger partial charge in [0, 0.05) is 18.6 Å². The SMILES string of the molecule is CC[C@H]1CCCN(C(C)(C)CNC(=O)c2c(F)cc(C#N)cc2F)C1. The number of piperidine rings is 1. The summed E-state index contributed by atoms with van der Waals surface area (Å²) in [7, 11) is 0. The van der Waals surface area contributed by atoms with Crippen molar-refractivity contribution in [2.75, 3.05) is 19.6 Å². The van der Waals surface area contributed by atoms with Gasteiger partial charge in [0.05, 0.1) is 11.6 Å². The standard InChI is InChI=1S/C19H25F2N3O/c1-4-13-6-5-7-24(11-13)19(2,3)12-23-18(25)17-15(20)8-14(10-22)9-16(17)21/h8-9,13H,4-7,11-12H2,1-3H3,(H,23,25)/t13-/m0/s1. The van der Waals surface area contributed by atoms with Gasteiger partial charge in [-0.05, 0) is 51.3 Å². The van der Waals surface area contributed by atoms with Gasteiger partial charge in [-0.2, -0.15) is 5.26 Å². The Labute approximate surface area is 147 Å². The fourth-order valence-corrected chi connectivity index (χ4v) is 3.30. The van der Waals surface area contributed by atoms with Gasteiger partial charge in [-0.1, -0.05) is 13.3 Å². The molecule has 6 heteroatoms. The van der Waals surface area contributed by atoms with Gasteiger partial charge < -0.3 is 5.32 Å². The lowest BCUT2D eigenvalue weighted by atomic mass is 9.91. The second-order valence-electron chi connectivity index (χ2n) is 7.28. The first kappa shape index (κ1) is 19.3. The lowest BCUT2D eigenvalue weighted by Crippen LogP contribution is -2.55. The predicted octanol–water partition coefficient (Wildman–Crippen LogP) is 3.47. The third-order valence-corrected chi connectivity index (χ3v) is 5.03. The van der Waals surface area contributed by atoms with Crippen LogP contribution in [-0.4, -0.2) is 36.0 Å². The zero-order chi connectivity index (χ0) is 18.6. The van der Waals surface area contributed by atoms with Gasteiger partial charge in [0.2, 0.25) is 0 Å². The fraction of sp³-hybridized carbons (Fsp3) is 0.579. The first-order valence-corrected chi connectivity index (χ1v) is 8.71. The Balaban J connectivity index is 2.05. The molecule has 0 unspecified atom stereocenters. The molecule has 1 aromatic rings.